The maximum Gasteiger partial charge on any atom is 0.254 e. The van der Waals surface area contributed by atoms with Gasteiger partial charge in [-0.15, -0.1) is 0 Å². The lowest BCUT2D eigenvalue weighted by Crippen LogP contribution is -2.48. The summed E-state index contributed by atoms with van der Waals surface area (Å²) < 4.78 is 0. The molecule has 7 heteroatoms. The second kappa shape index (κ2) is 7.12. The molecular weight excluding hydrogens is 364 g/mol. The molecule has 1 N–H and O–H groups in total. The van der Waals surface area contributed by atoms with E-state index < -0.39 is 0 Å². The Morgan fingerprint density at radius 3 is 2.59 bits per heavy atom. The molecule has 0 radical (unpaired) electrons. The lowest BCUT2D eigenvalue weighted by atomic mass is 10.1. The molecule has 2 amide bonds. The van der Waals surface area contributed by atoms with Crippen molar-refractivity contribution in [2.45, 2.75) is 0 Å². The van der Waals surface area contributed by atoms with E-state index in [2.05, 4.69) is 10.2 Å². The van der Waals surface area contributed by atoms with Crippen LogP contribution in [0.1, 0.15) is 10.4 Å². The van der Waals surface area contributed by atoms with Gasteiger partial charge in [-0.1, -0.05) is 17.7 Å². The molecule has 0 aromatic heterocycles. The summed E-state index contributed by atoms with van der Waals surface area (Å²) in [5.74, 6) is -0.0734. The van der Waals surface area contributed by atoms with Crippen LogP contribution in [0.3, 0.4) is 0 Å². The number of hydrogen-bond donors (Lipinski definition) is 1. The van der Waals surface area contributed by atoms with Crippen molar-refractivity contribution in [2.75, 3.05) is 54.9 Å². The molecule has 6 nitrogen and oxygen atoms in total. The van der Waals surface area contributed by atoms with Gasteiger partial charge in [-0.25, -0.2) is 0 Å². The van der Waals surface area contributed by atoms with Crippen molar-refractivity contribution in [3.63, 3.8) is 0 Å². The lowest BCUT2D eigenvalue weighted by Gasteiger charge is -2.36. The predicted molar refractivity (Wildman–Crippen MR) is 108 cm³/mol. The van der Waals surface area contributed by atoms with Crippen LogP contribution in [0.15, 0.2) is 42.5 Å². The average molecular weight is 385 g/mol. The Morgan fingerprint density at radius 1 is 1.07 bits per heavy atom. The van der Waals surface area contributed by atoms with Gasteiger partial charge in [-0.3, -0.25) is 9.59 Å². The fourth-order valence-electron chi connectivity index (χ4n) is 3.62. The molecule has 1 saturated heterocycles. The zero-order valence-electron chi connectivity index (χ0n) is 15.1. The van der Waals surface area contributed by atoms with Crippen molar-refractivity contribution in [3.8, 4) is 0 Å². The number of carbonyl (C=O) groups is 2. The highest BCUT2D eigenvalue weighted by Gasteiger charge is 2.25. The number of halogens is 1. The molecule has 4 rings (SSSR count). The number of nitrogens with one attached hydrogen (secondary N) is 1. The highest BCUT2D eigenvalue weighted by Crippen LogP contribution is 2.30. The largest absolute Gasteiger partial charge is 0.368 e. The number of fused-ring (bicyclic) bond motifs is 1. The van der Waals surface area contributed by atoms with Crippen LogP contribution in [0.5, 0.6) is 0 Å². The molecule has 2 aliphatic rings. The summed E-state index contributed by atoms with van der Waals surface area (Å²) >= 11 is 6.08. The van der Waals surface area contributed by atoms with Crippen molar-refractivity contribution in [1.82, 2.24) is 4.90 Å². The van der Waals surface area contributed by atoms with E-state index in [-0.39, 0.29) is 11.8 Å². The van der Waals surface area contributed by atoms with Crippen molar-refractivity contribution >= 4 is 40.5 Å². The van der Waals surface area contributed by atoms with Crippen LogP contribution in [0.2, 0.25) is 5.02 Å². The van der Waals surface area contributed by atoms with E-state index in [0.29, 0.717) is 35.9 Å². The minimum absolute atomic E-state index is 0.00832. The Hall–Kier alpha value is -2.73. The zero-order valence-corrected chi connectivity index (χ0v) is 15.9. The summed E-state index contributed by atoms with van der Waals surface area (Å²) in [4.78, 5) is 30.6. The molecule has 2 aromatic carbocycles. The Bertz CT molecular complexity index is 893. The SMILES string of the molecule is CN1CC(=O)Nc2cc(C(=O)N3CCN(c4cccc(Cl)c4)CC3)ccc21. The van der Waals surface area contributed by atoms with Crippen LogP contribution in [0.4, 0.5) is 17.1 Å². The molecule has 1 fully saturated rings. The fraction of sp³-hybridized carbons (Fsp3) is 0.300. The van der Waals surface area contributed by atoms with Gasteiger partial charge >= 0.3 is 0 Å². The standard InChI is InChI=1S/C20H21ClN4O2/c1-23-13-19(26)22-17-11-14(5-6-18(17)23)20(27)25-9-7-24(8-10-25)16-4-2-3-15(21)12-16/h2-6,11-12H,7-10,13H2,1H3,(H,22,26). The minimum Gasteiger partial charge on any atom is -0.368 e. The van der Waals surface area contributed by atoms with Gasteiger partial charge in [0.1, 0.15) is 0 Å². The highest BCUT2D eigenvalue weighted by molar-refractivity contribution is 6.30. The number of carbonyl (C=O) groups excluding carboxylic acids is 2. The van der Waals surface area contributed by atoms with E-state index in [9.17, 15) is 9.59 Å². The first-order valence-electron chi connectivity index (χ1n) is 8.96. The molecule has 140 valence electrons. The van der Waals surface area contributed by atoms with Crippen molar-refractivity contribution in [3.05, 3.63) is 53.1 Å². The van der Waals surface area contributed by atoms with Crippen LogP contribution < -0.4 is 15.1 Å². The lowest BCUT2D eigenvalue weighted by molar-refractivity contribution is -0.115. The summed E-state index contributed by atoms with van der Waals surface area (Å²) in [6, 6.07) is 13.3. The van der Waals surface area contributed by atoms with Gasteiger partial charge in [-0.05, 0) is 36.4 Å². The van der Waals surface area contributed by atoms with Gasteiger partial charge in [0.05, 0.1) is 17.9 Å². The van der Waals surface area contributed by atoms with Gasteiger partial charge in [-0.2, -0.15) is 0 Å². The second-order valence-corrected chi connectivity index (χ2v) is 7.33. The summed E-state index contributed by atoms with van der Waals surface area (Å²) in [7, 11) is 1.87. The second-order valence-electron chi connectivity index (χ2n) is 6.90. The Kier molecular flexibility index (Phi) is 4.66. The van der Waals surface area contributed by atoms with Crippen LogP contribution in [0, 0.1) is 0 Å². The third-order valence-corrected chi connectivity index (χ3v) is 5.28. The van der Waals surface area contributed by atoms with Crippen LogP contribution in [-0.2, 0) is 4.79 Å². The van der Waals surface area contributed by atoms with Gasteiger partial charge in [0.25, 0.3) is 5.91 Å². The van der Waals surface area contributed by atoms with E-state index in [0.717, 1.165) is 24.5 Å². The molecule has 27 heavy (non-hydrogen) atoms. The Morgan fingerprint density at radius 2 is 1.85 bits per heavy atom. The van der Waals surface area contributed by atoms with Crippen molar-refractivity contribution < 1.29 is 9.59 Å². The number of rotatable bonds is 2. The van der Waals surface area contributed by atoms with E-state index in [1.54, 1.807) is 6.07 Å². The third kappa shape index (κ3) is 3.57. The zero-order chi connectivity index (χ0) is 19.0. The summed E-state index contributed by atoms with van der Waals surface area (Å²) in [5.41, 5.74) is 3.30. The molecule has 0 bridgehead atoms. The van der Waals surface area contributed by atoms with Gasteiger partial charge in [0, 0.05) is 49.5 Å². The topological polar surface area (TPSA) is 55.9 Å². The molecule has 0 unspecified atom stereocenters. The fourth-order valence-corrected chi connectivity index (χ4v) is 3.80. The van der Waals surface area contributed by atoms with Gasteiger partial charge in [0.15, 0.2) is 0 Å². The molecule has 0 spiro atoms. The maximum atomic E-state index is 12.9. The van der Waals surface area contributed by atoms with Crippen molar-refractivity contribution in [2.24, 2.45) is 0 Å². The summed E-state index contributed by atoms with van der Waals surface area (Å²) in [5, 5.41) is 3.57. The van der Waals surface area contributed by atoms with E-state index >= 15 is 0 Å². The molecule has 2 heterocycles. The summed E-state index contributed by atoms with van der Waals surface area (Å²) in [6.45, 7) is 3.14. The number of piperazine rings is 1. The number of amides is 2. The minimum atomic E-state index is -0.0651. The van der Waals surface area contributed by atoms with Crippen LogP contribution >= 0.6 is 11.6 Å². The van der Waals surface area contributed by atoms with Gasteiger partial charge in [0.2, 0.25) is 5.91 Å². The number of nitrogens with zero attached hydrogens (tertiary/aromatic N) is 3. The van der Waals surface area contributed by atoms with E-state index in [1.165, 1.54) is 0 Å². The smallest absolute Gasteiger partial charge is 0.254 e. The Balaban J connectivity index is 1.45. The van der Waals surface area contributed by atoms with Crippen molar-refractivity contribution in [1.29, 1.82) is 0 Å². The number of anilines is 3. The third-order valence-electron chi connectivity index (χ3n) is 5.05. The summed E-state index contributed by atoms with van der Waals surface area (Å²) in [6.07, 6.45) is 0. The molecular formula is C20H21ClN4O2. The van der Waals surface area contributed by atoms with E-state index in [4.69, 9.17) is 11.6 Å². The van der Waals surface area contributed by atoms with Crippen LogP contribution in [-0.4, -0.2) is 56.5 Å². The number of likely N-dealkylation sites (N-methyl/N-ethyl adjacent to an activating group) is 1. The quantitative estimate of drug-likeness (QED) is 0.865. The molecule has 0 atom stereocenters. The van der Waals surface area contributed by atoms with Gasteiger partial charge < -0.3 is 20.0 Å². The normalized spacial score (nSPS) is 16.8. The predicted octanol–water partition coefficient (Wildman–Crippen LogP) is 2.69. The Labute approximate surface area is 163 Å². The number of hydrogen-bond acceptors (Lipinski definition) is 4. The first-order chi connectivity index (χ1) is 13.0. The maximum absolute atomic E-state index is 12.9. The van der Waals surface area contributed by atoms with E-state index in [1.807, 2.05) is 53.2 Å². The monoisotopic (exact) mass is 384 g/mol. The first-order valence-corrected chi connectivity index (χ1v) is 9.34. The molecule has 2 aromatic rings. The highest BCUT2D eigenvalue weighted by atomic mass is 35.5. The van der Waals surface area contributed by atoms with Crippen LogP contribution in [0.25, 0.3) is 0 Å². The molecule has 2 aliphatic heterocycles. The number of benzene rings is 2. The average Bonchev–Trinajstić information content (AvgIpc) is 2.67. The molecule has 0 aliphatic carbocycles. The molecule has 0 saturated carbocycles. The first kappa shape index (κ1) is 17.7.